The highest BCUT2D eigenvalue weighted by molar-refractivity contribution is 6.03. The summed E-state index contributed by atoms with van der Waals surface area (Å²) in [6, 6.07) is 5.46. The quantitative estimate of drug-likeness (QED) is 0.726. The van der Waals surface area contributed by atoms with Gasteiger partial charge in [-0.25, -0.2) is 0 Å². The molecule has 2 atom stereocenters. The topological polar surface area (TPSA) is 87.5 Å². The van der Waals surface area contributed by atoms with Crippen LogP contribution >= 0.6 is 0 Å². The summed E-state index contributed by atoms with van der Waals surface area (Å²) >= 11 is 0. The number of nitrogens with zero attached hydrogens (tertiary/aromatic N) is 1. The van der Waals surface area contributed by atoms with Gasteiger partial charge >= 0.3 is 0 Å². The Labute approximate surface area is 117 Å². The van der Waals surface area contributed by atoms with Crippen molar-refractivity contribution in [3.05, 3.63) is 23.8 Å². The fourth-order valence-electron chi connectivity index (χ4n) is 2.87. The van der Waals surface area contributed by atoms with Gasteiger partial charge in [-0.2, -0.15) is 0 Å². The van der Waals surface area contributed by atoms with E-state index >= 15 is 0 Å². The summed E-state index contributed by atoms with van der Waals surface area (Å²) in [6.45, 7) is 3.22. The molecule has 0 spiro atoms. The van der Waals surface area contributed by atoms with Crippen LogP contribution in [0.3, 0.4) is 0 Å². The van der Waals surface area contributed by atoms with Crippen molar-refractivity contribution in [3.8, 4) is 0 Å². The molecule has 20 heavy (non-hydrogen) atoms. The molecule has 1 fully saturated rings. The number of nitrogens with two attached hydrogens (primary N) is 1. The molecule has 0 aliphatic carbocycles. The first-order valence-electron chi connectivity index (χ1n) is 6.77. The smallest absolute Gasteiger partial charge is 0.245 e. The lowest BCUT2D eigenvalue weighted by molar-refractivity contribution is -0.119. The molecule has 0 bridgehead atoms. The Kier molecular flexibility index (Phi) is 3.10. The van der Waals surface area contributed by atoms with E-state index in [-0.39, 0.29) is 17.9 Å². The van der Waals surface area contributed by atoms with Crippen LogP contribution in [0.25, 0.3) is 0 Å². The SMILES string of the molecule is CC(=O)NC1CCN(c2ccc3c(c2)NC(=O)C3N)C1. The van der Waals surface area contributed by atoms with Gasteiger partial charge in [0, 0.05) is 43.0 Å². The van der Waals surface area contributed by atoms with Crippen LogP contribution in [0.2, 0.25) is 0 Å². The van der Waals surface area contributed by atoms with Crippen molar-refractivity contribution in [3.63, 3.8) is 0 Å². The van der Waals surface area contributed by atoms with Crippen LogP contribution in [-0.2, 0) is 9.59 Å². The van der Waals surface area contributed by atoms with E-state index in [0.717, 1.165) is 36.4 Å². The van der Waals surface area contributed by atoms with Crippen molar-refractivity contribution in [1.29, 1.82) is 0 Å². The minimum absolute atomic E-state index is 0.00374. The molecule has 2 amide bonds. The molecule has 106 valence electrons. The van der Waals surface area contributed by atoms with Crippen LogP contribution in [-0.4, -0.2) is 30.9 Å². The molecule has 0 saturated carbocycles. The van der Waals surface area contributed by atoms with E-state index in [1.165, 1.54) is 6.92 Å². The Bertz CT molecular complexity index is 572. The third-order valence-corrected chi connectivity index (χ3v) is 3.87. The first-order chi connectivity index (χ1) is 9.54. The van der Waals surface area contributed by atoms with Gasteiger partial charge in [-0.1, -0.05) is 6.07 Å². The number of rotatable bonds is 2. The van der Waals surface area contributed by atoms with Crippen LogP contribution in [0.15, 0.2) is 18.2 Å². The summed E-state index contributed by atoms with van der Waals surface area (Å²) in [5.41, 5.74) is 8.48. The monoisotopic (exact) mass is 274 g/mol. The fourth-order valence-corrected chi connectivity index (χ4v) is 2.87. The second-order valence-corrected chi connectivity index (χ2v) is 5.37. The Morgan fingerprint density at radius 1 is 1.50 bits per heavy atom. The molecule has 6 nitrogen and oxygen atoms in total. The van der Waals surface area contributed by atoms with E-state index in [2.05, 4.69) is 15.5 Å². The predicted molar refractivity (Wildman–Crippen MR) is 76.4 cm³/mol. The van der Waals surface area contributed by atoms with Gasteiger partial charge in [-0.3, -0.25) is 9.59 Å². The van der Waals surface area contributed by atoms with Crippen LogP contribution in [0.4, 0.5) is 11.4 Å². The van der Waals surface area contributed by atoms with Crippen molar-refractivity contribution in [2.75, 3.05) is 23.3 Å². The maximum absolute atomic E-state index is 11.5. The molecule has 2 aliphatic rings. The second kappa shape index (κ2) is 4.79. The van der Waals surface area contributed by atoms with Crippen molar-refractivity contribution >= 4 is 23.2 Å². The van der Waals surface area contributed by atoms with E-state index in [1.807, 2.05) is 18.2 Å². The first kappa shape index (κ1) is 12.9. The van der Waals surface area contributed by atoms with E-state index in [1.54, 1.807) is 0 Å². The van der Waals surface area contributed by atoms with Crippen molar-refractivity contribution in [2.45, 2.75) is 25.4 Å². The lowest BCUT2D eigenvalue weighted by Gasteiger charge is -2.19. The standard InChI is InChI=1S/C14H18N4O2/c1-8(19)16-9-4-5-18(7-9)10-2-3-11-12(6-10)17-14(20)13(11)15/h2-3,6,9,13H,4-5,7,15H2,1H3,(H,16,19)(H,17,20). The summed E-state index contributed by atoms with van der Waals surface area (Å²) in [7, 11) is 0. The van der Waals surface area contributed by atoms with Gasteiger partial charge in [0.15, 0.2) is 0 Å². The summed E-state index contributed by atoms with van der Waals surface area (Å²) in [4.78, 5) is 24.8. The van der Waals surface area contributed by atoms with Gasteiger partial charge in [0.2, 0.25) is 11.8 Å². The highest BCUT2D eigenvalue weighted by atomic mass is 16.2. The van der Waals surface area contributed by atoms with Gasteiger partial charge in [0.25, 0.3) is 0 Å². The number of fused-ring (bicyclic) bond motifs is 1. The fraction of sp³-hybridized carbons (Fsp3) is 0.429. The minimum Gasteiger partial charge on any atom is -0.369 e. The lowest BCUT2D eigenvalue weighted by Crippen LogP contribution is -2.35. The van der Waals surface area contributed by atoms with Crippen molar-refractivity contribution in [1.82, 2.24) is 5.32 Å². The lowest BCUT2D eigenvalue weighted by atomic mass is 10.1. The third-order valence-electron chi connectivity index (χ3n) is 3.87. The van der Waals surface area contributed by atoms with Gasteiger partial charge in [0.05, 0.1) is 0 Å². The summed E-state index contributed by atoms with van der Waals surface area (Å²) < 4.78 is 0. The number of hydrogen-bond acceptors (Lipinski definition) is 4. The number of carbonyl (C=O) groups is 2. The molecule has 0 aromatic heterocycles. The zero-order valence-corrected chi connectivity index (χ0v) is 11.3. The van der Waals surface area contributed by atoms with Crippen LogP contribution in [0.5, 0.6) is 0 Å². The molecule has 2 unspecified atom stereocenters. The highest BCUT2D eigenvalue weighted by Crippen LogP contribution is 2.33. The molecule has 1 aromatic carbocycles. The molecular weight excluding hydrogens is 256 g/mol. The summed E-state index contributed by atoms with van der Waals surface area (Å²) in [5, 5.41) is 5.73. The molecule has 2 aliphatic heterocycles. The molecule has 2 heterocycles. The summed E-state index contributed by atoms with van der Waals surface area (Å²) in [5.74, 6) is -0.154. The molecular formula is C14H18N4O2. The minimum atomic E-state index is -0.565. The normalized spacial score (nSPS) is 24.5. The zero-order chi connectivity index (χ0) is 14.3. The Balaban J connectivity index is 1.75. The number of amides is 2. The van der Waals surface area contributed by atoms with E-state index < -0.39 is 6.04 Å². The summed E-state index contributed by atoms with van der Waals surface area (Å²) in [6.07, 6.45) is 0.933. The average Bonchev–Trinajstić information content (AvgIpc) is 2.95. The zero-order valence-electron chi connectivity index (χ0n) is 11.3. The molecule has 4 N–H and O–H groups in total. The molecule has 1 aromatic rings. The Morgan fingerprint density at radius 3 is 3.05 bits per heavy atom. The Hall–Kier alpha value is -2.08. The van der Waals surface area contributed by atoms with E-state index in [0.29, 0.717) is 0 Å². The van der Waals surface area contributed by atoms with Crippen LogP contribution in [0, 0.1) is 0 Å². The highest BCUT2D eigenvalue weighted by Gasteiger charge is 2.29. The maximum Gasteiger partial charge on any atom is 0.245 e. The number of nitrogens with one attached hydrogen (secondary N) is 2. The number of hydrogen-bond donors (Lipinski definition) is 3. The second-order valence-electron chi connectivity index (χ2n) is 5.37. The van der Waals surface area contributed by atoms with Crippen LogP contribution in [0.1, 0.15) is 24.9 Å². The molecule has 0 radical (unpaired) electrons. The first-order valence-corrected chi connectivity index (χ1v) is 6.77. The number of benzene rings is 1. The Morgan fingerprint density at radius 2 is 2.30 bits per heavy atom. The van der Waals surface area contributed by atoms with Crippen molar-refractivity contribution in [2.24, 2.45) is 5.73 Å². The molecule has 1 saturated heterocycles. The average molecular weight is 274 g/mol. The maximum atomic E-state index is 11.5. The van der Waals surface area contributed by atoms with Gasteiger partial charge in [0.1, 0.15) is 6.04 Å². The van der Waals surface area contributed by atoms with Gasteiger partial charge < -0.3 is 21.3 Å². The predicted octanol–water partition coefficient (Wildman–Crippen LogP) is 0.353. The molecule has 6 heteroatoms. The van der Waals surface area contributed by atoms with Crippen LogP contribution < -0.4 is 21.3 Å². The number of anilines is 2. The largest absolute Gasteiger partial charge is 0.369 e. The van der Waals surface area contributed by atoms with E-state index in [4.69, 9.17) is 5.73 Å². The number of carbonyl (C=O) groups excluding carboxylic acids is 2. The van der Waals surface area contributed by atoms with Crippen molar-refractivity contribution < 1.29 is 9.59 Å². The van der Waals surface area contributed by atoms with Gasteiger partial charge in [-0.05, 0) is 18.6 Å². The van der Waals surface area contributed by atoms with E-state index in [9.17, 15) is 9.59 Å². The third kappa shape index (κ3) is 2.22. The van der Waals surface area contributed by atoms with Gasteiger partial charge in [-0.15, -0.1) is 0 Å². The molecule has 3 rings (SSSR count).